The Morgan fingerprint density at radius 3 is 2.55 bits per heavy atom. The summed E-state index contributed by atoms with van der Waals surface area (Å²) in [7, 11) is -3.02. The fourth-order valence-corrected chi connectivity index (χ4v) is 6.52. The normalized spacial score (nSPS) is 20.8. The number of carbonyl (C=O) groups is 2. The van der Waals surface area contributed by atoms with Crippen molar-refractivity contribution < 1.29 is 27.9 Å². The van der Waals surface area contributed by atoms with E-state index in [2.05, 4.69) is 10.3 Å². The fraction of sp³-hybridized carbons (Fsp3) is 0.533. The molecule has 11 nitrogen and oxygen atoms in total. The van der Waals surface area contributed by atoms with Crippen LogP contribution < -0.4 is 10.1 Å². The molecule has 0 radical (unpaired) electrons. The Morgan fingerprint density at radius 1 is 1.12 bits per heavy atom. The minimum Gasteiger partial charge on any atom is -0.493 e. The standard InChI is InChI=1S/C30H39N5O6S/c1-30(28(37)38)13-17-34(18-14-30)27(36)21-7-9-22(10-8-21)32-29-31-15-11-26(33-29)35-16-12-23-24(35)5-3-6-25(23)41-19-4-20-42(2,39)40/h3,5-6,11-12,15-16,21-22H,4,7-10,13-14,17-20H2,1-2H3,(H,37,38)(H,31,32,33). The number of amides is 1. The van der Waals surface area contributed by atoms with Gasteiger partial charge in [-0.05, 0) is 76.1 Å². The van der Waals surface area contributed by atoms with E-state index >= 15 is 0 Å². The van der Waals surface area contributed by atoms with E-state index in [1.165, 1.54) is 6.26 Å². The topological polar surface area (TPSA) is 144 Å². The van der Waals surface area contributed by atoms with E-state index in [4.69, 9.17) is 9.72 Å². The molecular formula is C30H39N5O6S. The molecule has 226 valence electrons. The highest BCUT2D eigenvalue weighted by molar-refractivity contribution is 7.90. The first-order chi connectivity index (χ1) is 20.0. The number of carboxylic acid groups (broad SMARTS) is 1. The molecule has 3 aromatic rings. The zero-order chi connectivity index (χ0) is 29.9. The number of nitrogens with zero attached hydrogens (tertiary/aromatic N) is 4. The summed E-state index contributed by atoms with van der Waals surface area (Å²) in [5.41, 5.74) is 0.179. The maximum atomic E-state index is 13.1. The van der Waals surface area contributed by atoms with Gasteiger partial charge < -0.3 is 24.6 Å². The number of nitrogens with one attached hydrogen (secondary N) is 1. The Balaban J connectivity index is 1.17. The van der Waals surface area contributed by atoms with E-state index in [0.717, 1.165) is 36.6 Å². The van der Waals surface area contributed by atoms with Crippen molar-refractivity contribution in [3.63, 3.8) is 0 Å². The molecule has 1 saturated carbocycles. The van der Waals surface area contributed by atoms with Crippen LogP contribution in [0, 0.1) is 11.3 Å². The summed E-state index contributed by atoms with van der Waals surface area (Å²) >= 11 is 0. The number of aromatic nitrogens is 3. The molecule has 1 amide bonds. The lowest BCUT2D eigenvalue weighted by Crippen LogP contribution is -2.47. The van der Waals surface area contributed by atoms with Crippen LogP contribution >= 0.6 is 0 Å². The van der Waals surface area contributed by atoms with Crippen LogP contribution in [0.5, 0.6) is 5.75 Å². The SMILES string of the molecule is CC1(C(=O)O)CCN(C(=O)C2CCC(Nc3nccc(-n4ccc5c(OCCCS(C)(=O)=O)cccc54)n3)CC2)CC1. The summed E-state index contributed by atoms with van der Waals surface area (Å²) in [6.45, 7) is 3.09. The number of hydrogen-bond donors (Lipinski definition) is 2. The summed E-state index contributed by atoms with van der Waals surface area (Å²) < 4.78 is 30.7. The van der Waals surface area contributed by atoms with Crippen LogP contribution in [0.3, 0.4) is 0 Å². The van der Waals surface area contributed by atoms with Crippen LogP contribution in [0.15, 0.2) is 42.7 Å². The van der Waals surface area contributed by atoms with Crippen molar-refractivity contribution in [2.75, 3.05) is 37.0 Å². The van der Waals surface area contributed by atoms with Crippen molar-refractivity contribution in [1.29, 1.82) is 0 Å². The summed E-state index contributed by atoms with van der Waals surface area (Å²) in [6, 6.07) is 9.72. The highest BCUT2D eigenvalue weighted by Crippen LogP contribution is 2.34. The van der Waals surface area contributed by atoms with Crippen LogP contribution in [-0.4, -0.2) is 82.6 Å². The van der Waals surface area contributed by atoms with Gasteiger partial charge in [0, 0.05) is 49.1 Å². The number of aliphatic carboxylic acids is 1. The van der Waals surface area contributed by atoms with Gasteiger partial charge in [-0.1, -0.05) is 6.07 Å². The molecule has 2 aliphatic rings. The van der Waals surface area contributed by atoms with Gasteiger partial charge in [0.05, 0.1) is 23.3 Å². The van der Waals surface area contributed by atoms with Crippen molar-refractivity contribution in [3.05, 3.63) is 42.7 Å². The maximum Gasteiger partial charge on any atom is 0.309 e. The lowest BCUT2D eigenvalue weighted by atomic mass is 9.79. The van der Waals surface area contributed by atoms with Gasteiger partial charge in [0.15, 0.2) is 0 Å². The van der Waals surface area contributed by atoms with Crippen LogP contribution in [0.4, 0.5) is 5.95 Å². The van der Waals surface area contributed by atoms with Crippen LogP contribution in [-0.2, 0) is 19.4 Å². The first-order valence-corrected chi connectivity index (χ1v) is 16.6. The summed E-state index contributed by atoms with van der Waals surface area (Å²) in [6.07, 6.45) is 9.50. The summed E-state index contributed by atoms with van der Waals surface area (Å²) in [4.78, 5) is 35.7. The highest BCUT2D eigenvalue weighted by atomic mass is 32.2. The molecule has 42 heavy (non-hydrogen) atoms. The van der Waals surface area contributed by atoms with Crippen LogP contribution in [0.25, 0.3) is 16.7 Å². The number of ether oxygens (including phenoxy) is 1. The van der Waals surface area contributed by atoms with Gasteiger partial charge in [0.25, 0.3) is 0 Å². The number of likely N-dealkylation sites (tertiary alicyclic amines) is 1. The molecule has 1 aliphatic heterocycles. The Bertz CT molecular complexity index is 1540. The van der Waals surface area contributed by atoms with Crippen molar-refractivity contribution in [1.82, 2.24) is 19.4 Å². The molecule has 1 aliphatic carbocycles. The molecule has 12 heteroatoms. The van der Waals surface area contributed by atoms with Crippen molar-refractivity contribution in [2.45, 2.75) is 57.9 Å². The molecule has 5 rings (SSSR count). The molecule has 2 fully saturated rings. The Kier molecular flexibility index (Phi) is 8.72. The van der Waals surface area contributed by atoms with Gasteiger partial charge in [-0.15, -0.1) is 0 Å². The number of rotatable bonds is 10. The second-order valence-electron chi connectivity index (χ2n) is 11.8. The Hall–Kier alpha value is -3.67. The minimum atomic E-state index is -3.02. The Labute approximate surface area is 246 Å². The number of carbonyl (C=O) groups excluding carboxylic acids is 1. The zero-order valence-corrected chi connectivity index (χ0v) is 25.0. The smallest absolute Gasteiger partial charge is 0.309 e. The third-order valence-corrected chi connectivity index (χ3v) is 9.63. The van der Waals surface area contributed by atoms with Gasteiger partial charge in [-0.2, -0.15) is 4.98 Å². The molecule has 0 unspecified atom stereocenters. The largest absolute Gasteiger partial charge is 0.493 e. The van der Waals surface area contributed by atoms with E-state index in [-0.39, 0.29) is 23.6 Å². The predicted octanol–water partition coefficient (Wildman–Crippen LogP) is 3.92. The van der Waals surface area contributed by atoms with Crippen LogP contribution in [0.2, 0.25) is 0 Å². The highest BCUT2D eigenvalue weighted by Gasteiger charge is 2.39. The third-order valence-electron chi connectivity index (χ3n) is 8.60. The summed E-state index contributed by atoms with van der Waals surface area (Å²) in [5.74, 6) is 1.36. The molecule has 0 spiro atoms. The number of carboxylic acids is 1. The van der Waals surface area contributed by atoms with Crippen molar-refractivity contribution >= 4 is 38.6 Å². The monoisotopic (exact) mass is 597 g/mol. The molecular weight excluding hydrogens is 558 g/mol. The van der Waals surface area contributed by atoms with E-state index in [1.54, 1.807) is 13.1 Å². The quantitative estimate of drug-likeness (QED) is 0.332. The molecule has 0 bridgehead atoms. The van der Waals surface area contributed by atoms with Gasteiger partial charge in [-0.25, -0.2) is 13.4 Å². The molecule has 3 heterocycles. The van der Waals surface area contributed by atoms with Gasteiger partial charge in [0.2, 0.25) is 11.9 Å². The number of benzene rings is 1. The zero-order valence-electron chi connectivity index (χ0n) is 24.2. The lowest BCUT2D eigenvalue weighted by Gasteiger charge is -2.39. The molecule has 2 N–H and O–H groups in total. The van der Waals surface area contributed by atoms with E-state index < -0.39 is 21.2 Å². The number of fused-ring (bicyclic) bond motifs is 1. The second-order valence-corrected chi connectivity index (χ2v) is 14.1. The number of piperidine rings is 1. The predicted molar refractivity (Wildman–Crippen MR) is 160 cm³/mol. The van der Waals surface area contributed by atoms with Gasteiger partial charge in [0.1, 0.15) is 21.4 Å². The lowest BCUT2D eigenvalue weighted by molar-refractivity contribution is -0.154. The first-order valence-electron chi connectivity index (χ1n) is 14.6. The van der Waals surface area contributed by atoms with Crippen molar-refractivity contribution in [3.8, 4) is 11.6 Å². The van der Waals surface area contributed by atoms with Gasteiger partial charge >= 0.3 is 5.97 Å². The maximum absolute atomic E-state index is 13.1. The minimum absolute atomic E-state index is 0.0292. The molecule has 0 atom stereocenters. The molecule has 2 aromatic heterocycles. The first kappa shape index (κ1) is 29.8. The molecule has 1 saturated heterocycles. The van der Waals surface area contributed by atoms with Crippen molar-refractivity contribution in [2.24, 2.45) is 11.3 Å². The summed E-state index contributed by atoms with van der Waals surface area (Å²) in [5, 5.41) is 13.8. The van der Waals surface area contributed by atoms with Crippen LogP contribution in [0.1, 0.15) is 51.9 Å². The van der Waals surface area contributed by atoms with Gasteiger partial charge in [-0.3, -0.25) is 9.59 Å². The third kappa shape index (κ3) is 6.86. The molecule has 1 aromatic carbocycles. The Morgan fingerprint density at radius 2 is 1.86 bits per heavy atom. The van der Waals surface area contributed by atoms with E-state index in [9.17, 15) is 23.1 Å². The fourth-order valence-electron chi connectivity index (χ4n) is 5.88. The van der Waals surface area contributed by atoms with E-state index in [0.29, 0.717) is 56.5 Å². The second kappa shape index (κ2) is 12.3. The average molecular weight is 598 g/mol. The number of sulfone groups is 1. The number of hydrogen-bond acceptors (Lipinski definition) is 8. The average Bonchev–Trinajstić information content (AvgIpc) is 3.40. The number of anilines is 1. The van der Waals surface area contributed by atoms with E-state index in [1.807, 2.05) is 46.0 Å².